The molecule has 5 heteroatoms. The Labute approximate surface area is 165 Å². The number of benzene rings is 2. The van der Waals surface area contributed by atoms with E-state index in [0.717, 1.165) is 22.2 Å². The Bertz CT molecular complexity index is 909. The van der Waals surface area contributed by atoms with Crippen LogP contribution in [0.1, 0.15) is 40.8 Å². The van der Waals surface area contributed by atoms with Crippen molar-refractivity contribution in [2.45, 2.75) is 39.5 Å². The molecule has 140 valence electrons. The van der Waals surface area contributed by atoms with Crippen molar-refractivity contribution >= 4 is 22.8 Å². The zero-order valence-electron chi connectivity index (χ0n) is 16.2. The summed E-state index contributed by atoms with van der Waals surface area (Å²) in [6, 6.07) is 13.9. The number of aliphatic imine (C=N–C) groups is 1. The second kappa shape index (κ2) is 8.01. The van der Waals surface area contributed by atoms with Gasteiger partial charge in [-0.1, -0.05) is 59.8 Å². The van der Waals surface area contributed by atoms with Gasteiger partial charge >= 0.3 is 0 Å². The highest BCUT2D eigenvalue weighted by Gasteiger charge is 2.27. The minimum Gasteiger partial charge on any atom is -0.366 e. The van der Waals surface area contributed by atoms with Crippen LogP contribution >= 0.6 is 11.8 Å². The van der Waals surface area contributed by atoms with Gasteiger partial charge in [-0.25, -0.2) is 4.99 Å². The summed E-state index contributed by atoms with van der Waals surface area (Å²) >= 11 is 1.65. The minimum atomic E-state index is -0.438. The zero-order valence-corrected chi connectivity index (χ0v) is 17.0. The summed E-state index contributed by atoms with van der Waals surface area (Å²) in [4.78, 5) is 16.8. The molecule has 4 nitrogen and oxygen atoms in total. The third kappa shape index (κ3) is 4.25. The summed E-state index contributed by atoms with van der Waals surface area (Å²) in [5.74, 6) is 0.386. The van der Waals surface area contributed by atoms with Crippen LogP contribution in [0.3, 0.4) is 0 Å². The third-order valence-electron chi connectivity index (χ3n) is 4.79. The number of nitrogens with zero attached hydrogens (tertiary/aromatic N) is 1. The van der Waals surface area contributed by atoms with E-state index in [1.54, 1.807) is 11.8 Å². The molecule has 1 heterocycles. The van der Waals surface area contributed by atoms with Crippen LogP contribution in [0.5, 0.6) is 0 Å². The van der Waals surface area contributed by atoms with Crippen LogP contribution in [0.15, 0.2) is 58.7 Å². The second-order valence-electron chi connectivity index (χ2n) is 6.94. The molecule has 1 aliphatic heterocycles. The number of carbonyl (C=O) groups is 1. The van der Waals surface area contributed by atoms with Crippen molar-refractivity contribution in [2.24, 2.45) is 10.7 Å². The van der Waals surface area contributed by atoms with E-state index in [-0.39, 0.29) is 6.04 Å². The first-order chi connectivity index (χ1) is 12.9. The summed E-state index contributed by atoms with van der Waals surface area (Å²) in [5.41, 5.74) is 13.1. The topological polar surface area (TPSA) is 67.5 Å². The van der Waals surface area contributed by atoms with Crippen molar-refractivity contribution in [3.8, 4) is 0 Å². The van der Waals surface area contributed by atoms with E-state index in [9.17, 15) is 4.79 Å². The van der Waals surface area contributed by atoms with E-state index >= 15 is 0 Å². The summed E-state index contributed by atoms with van der Waals surface area (Å²) in [6.07, 6.45) is 0. The lowest BCUT2D eigenvalue weighted by atomic mass is 9.96. The smallest absolute Gasteiger partial charge is 0.248 e. The highest BCUT2D eigenvalue weighted by atomic mass is 32.2. The van der Waals surface area contributed by atoms with Crippen LogP contribution < -0.4 is 11.1 Å². The van der Waals surface area contributed by atoms with E-state index in [2.05, 4.69) is 38.2 Å². The molecular formula is C22H25N3OS. The van der Waals surface area contributed by atoms with Crippen LogP contribution in [0.25, 0.3) is 0 Å². The van der Waals surface area contributed by atoms with E-state index in [1.807, 2.05) is 37.3 Å². The van der Waals surface area contributed by atoms with E-state index in [4.69, 9.17) is 10.7 Å². The van der Waals surface area contributed by atoms with Gasteiger partial charge in [0.2, 0.25) is 5.91 Å². The van der Waals surface area contributed by atoms with Crippen molar-refractivity contribution in [2.75, 3.05) is 0 Å². The van der Waals surface area contributed by atoms with Crippen molar-refractivity contribution in [3.05, 3.63) is 81.6 Å². The summed E-state index contributed by atoms with van der Waals surface area (Å²) in [7, 11) is 0. The number of amidine groups is 1. The molecule has 0 aliphatic carbocycles. The molecule has 1 atom stereocenters. The third-order valence-corrected chi connectivity index (χ3v) is 5.71. The number of hydrogen-bond acceptors (Lipinski definition) is 4. The van der Waals surface area contributed by atoms with E-state index < -0.39 is 5.91 Å². The number of amides is 1. The first kappa shape index (κ1) is 19.2. The number of allylic oxidation sites excluding steroid dienone is 1. The van der Waals surface area contributed by atoms with Crippen LogP contribution in [0.4, 0.5) is 0 Å². The van der Waals surface area contributed by atoms with Gasteiger partial charge in [-0.3, -0.25) is 4.79 Å². The van der Waals surface area contributed by atoms with Gasteiger partial charge in [0.05, 0.1) is 5.57 Å². The largest absolute Gasteiger partial charge is 0.366 e. The highest BCUT2D eigenvalue weighted by Crippen LogP contribution is 2.32. The van der Waals surface area contributed by atoms with Crippen molar-refractivity contribution in [3.63, 3.8) is 0 Å². The Morgan fingerprint density at radius 2 is 1.74 bits per heavy atom. The van der Waals surface area contributed by atoms with E-state index in [0.29, 0.717) is 5.57 Å². The van der Waals surface area contributed by atoms with Gasteiger partial charge in [0.15, 0.2) is 5.17 Å². The molecule has 0 bridgehead atoms. The van der Waals surface area contributed by atoms with Crippen molar-refractivity contribution < 1.29 is 4.79 Å². The van der Waals surface area contributed by atoms with Gasteiger partial charge in [0, 0.05) is 11.4 Å². The maximum Gasteiger partial charge on any atom is 0.248 e. The molecule has 3 N–H and O–H groups in total. The van der Waals surface area contributed by atoms with Crippen molar-refractivity contribution in [1.82, 2.24) is 5.32 Å². The fourth-order valence-electron chi connectivity index (χ4n) is 3.49. The van der Waals surface area contributed by atoms with Crippen LogP contribution in [0.2, 0.25) is 0 Å². The van der Waals surface area contributed by atoms with Gasteiger partial charge in [0.25, 0.3) is 0 Å². The van der Waals surface area contributed by atoms with Gasteiger partial charge in [-0.2, -0.15) is 0 Å². The number of nitrogens with two attached hydrogens (primary N) is 1. The first-order valence-corrected chi connectivity index (χ1v) is 9.95. The molecule has 0 radical (unpaired) electrons. The molecule has 2 aromatic carbocycles. The maximum atomic E-state index is 12.0. The maximum absolute atomic E-state index is 12.0. The molecule has 0 saturated carbocycles. The van der Waals surface area contributed by atoms with Gasteiger partial charge in [0.1, 0.15) is 6.04 Å². The van der Waals surface area contributed by atoms with Gasteiger partial charge < -0.3 is 11.1 Å². The Balaban J connectivity index is 1.88. The number of rotatable bonds is 4. The molecule has 0 fully saturated rings. The molecule has 0 spiro atoms. The molecule has 0 saturated heterocycles. The van der Waals surface area contributed by atoms with Crippen LogP contribution in [-0.2, 0) is 10.5 Å². The SMILES string of the molecule is CC1=C(C(N)=O)[C@@H](c2ccccc2)N=C(SCc2c(C)cc(C)cc2C)N1. The molecule has 3 rings (SSSR count). The number of thioether (sulfide) groups is 1. The summed E-state index contributed by atoms with van der Waals surface area (Å²) in [5, 5.41) is 4.07. The van der Waals surface area contributed by atoms with E-state index in [1.165, 1.54) is 22.3 Å². The first-order valence-electron chi connectivity index (χ1n) is 8.96. The minimum absolute atomic E-state index is 0.368. The Morgan fingerprint density at radius 3 is 2.33 bits per heavy atom. The fourth-order valence-corrected chi connectivity index (χ4v) is 4.64. The number of hydrogen-bond donors (Lipinski definition) is 2. The Kier molecular flexibility index (Phi) is 5.71. The second-order valence-corrected chi connectivity index (χ2v) is 7.91. The lowest BCUT2D eigenvalue weighted by molar-refractivity contribution is -0.114. The lowest BCUT2D eigenvalue weighted by Crippen LogP contribution is -2.32. The molecule has 27 heavy (non-hydrogen) atoms. The molecule has 1 amide bonds. The van der Waals surface area contributed by atoms with Gasteiger partial charge in [-0.05, 0) is 49.9 Å². The number of primary amides is 1. The molecule has 0 unspecified atom stereocenters. The van der Waals surface area contributed by atoms with Crippen LogP contribution in [0, 0.1) is 20.8 Å². The van der Waals surface area contributed by atoms with Gasteiger partial charge in [-0.15, -0.1) is 0 Å². The number of carbonyl (C=O) groups excluding carboxylic acids is 1. The average molecular weight is 380 g/mol. The molecule has 1 aliphatic rings. The predicted octanol–water partition coefficient (Wildman–Crippen LogP) is 4.30. The number of nitrogens with one attached hydrogen (secondary N) is 1. The normalized spacial score (nSPS) is 16.7. The molecular weight excluding hydrogens is 354 g/mol. The Hall–Kier alpha value is -2.53. The standard InChI is InChI=1S/C22H25N3OS/c1-13-10-14(2)18(15(3)11-13)12-27-22-24-16(4)19(21(23)26)20(25-22)17-8-6-5-7-9-17/h5-11,20H,12H2,1-4H3,(H2,23,26)(H,24,25)/t20-/m1/s1. The van der Waals surface area contributed by atoms with Crippen LogP contribution in [-0.4, -0.2) is 11.1 Å². The van der Waals surface area contributed by atoms with Crippen molar-refractivity contribution in [1.29, 1.82) is 0 Å². The highest BCUT2D eigenvalue weighted by molar-refractivity contribution is 8.13. The molecule has 0 aromatic heterocycles. The Morgan fingerprint density at radius 1 is 1.11 bits per heavy atom. The summed E-state index contributed by atoms with van der Waals surface area (Å²) in [6.45, 7) is 8.30. The quantitative estimate of drug-likeness (QED) is 0.832. The fraction of sp³-hybridized carbons (Fsp3) is 0.273. The summed E-state index contributed by atoms with van der Waals surface area (Å²) < 4.78 is 0. The number of aryl methyl sites for hydroxylation is 3. The monoisotopic (exact) mass is 379 g/mol. The zero-order chi connectivity index (χ0) is 19.6. The average Bonchev–Trinajstić information content (AvgIpc) is 2.60. The predicted molar refractivity (Wildman–Crippen MR) is 114 cm³/mol. The lowest BCUT2D eigenvalue weighted by Gasteiger charge is -2.25. The molecule has 2 aromatic rings.